The number of halogens is 1. The van der Waals surface area contributed by atoms with Crippen LogP contribution in [0.3, 0.4) is 0 Å². The van der Waals surface area contributed by atoms with Gasteiger partial charge in [0.1, 0.15) is 0 Å². The van der Waals surface area contributed by atoms with Crippen molar-refractivity contribution in [1.29, 1.82) is 0 Å². The Hall–Kier alpha value is -1.32. The zero-order valence-corrected chi connectivity index (χ0v) is 18.4. The lowest BCUT2D eigenvalue weighted by Crippen LogP contribution is -2.37. The minimum Gasteiger partial charge on any atom is -0.466 e. The molecule has 0 aromatic carbocycles. The topological polar surface area (TPSA) is 80.5 Å². The first-order chi connectivity index (χ1) is 12.3. The van der Waals surface area contributed by atoms with Crippen molar-refractivity contribution in [3.05, 3.63) is 18.5 Å². The maximum Gasteiger partial charge on any atom is 0.305 e. The molecule has 0 saturated heterocycles. The highest BCUT2D eigenvalue weighted by molar-refractivity contribution is 14.0. The Labute approximate surface area is 174 Å². The molecule has 0 aliphatic carbocycles. The van der Waals surface area contributed by atoms with Gasteiger partial charge in [0.2, 0.25) is 0 Å². The Balaban J connectivity index is 0.00000625. The Bertz CT molecular complexity index is 480. The Morgan fingerprint density at radius 1 is 1.15 bits per heavy atom. The van der Waals surface area contributed by atoms with Gasteiger partial charge < -0.3 is 15.4 Å². The van der Waals surface area contributed by atoms with Crippen LogP contribution in [0.2, 0.25) is 0 Å². The second-order valence-corrected chi connectivity index (χ2v) is 5.78. The number of esters is 1. The molecule has 1 rings (SSSR count). The van der Waals surface area contributed by atoms with E-state index in [4.69, 9.17) is 4.74 Å². The van der Waals surface area contributed by atoms with Gasteiger partial charge in [0.25, 0.3) is 0 Å². The average molecular weight is 479 g/mol. The summed E-state index contributed by atoms with van der Waals surface area (Å²) >= 11 is 0. The van der Waals surface area contributed by atoms with Gasteiger partial charge in [-0.2, -0.15) is 5.10 Å². The number of aliphatic imine (C=N–C) groups is 1. The fourth-order valence-electron chi connectivity index (χ4n) is 2.39. The molecule has 0 unspecified atom stereocenters. The van der Waals surface area contributed by atoms with E-state index in [0.717, 1.165) is 64.2 Å². The number of guanidine groups is 1. The molecule has 26 heavy (non-hydrogen) atoms. The number of hydrogen-bond acceptors (Lipinski definition) is 4. The smallest absolute Gasteiger partial charge is 0.305 e. The number of rotatable bonds is 13. The number of aryl methyl sites for hydroxylation is 1. The van der Waals surface area contributed by atoms with Crippen molar-refractivity contribution in [1.82, 2.24) is 20.4 Å². The summed E-state index contributed by atoms with van der Waals surface area (Å²) in [7, 11) is 0. The number of aromatic nitrogens is 2. The monoisotopic (exact) mass is 479 g/mol. The molecule has 0 spiro atoms. The number of unbranched alkanes of at least 4 members (excludes halogenated alkanes) is 3. The molecule has 0 bridgehead atoms. The Morgan fingerprint density at radius 3 is 2.65 bits per heavy atom. The predicted octanol–water partition coefficient (Wildman–Crippen LogP) is 2.96. The molecule has 1 heterocycles. The Morgan fingerprint density at radius 2 is 1.96 bits per heavy atom. The van der Waals surface area contributed by atoms with E-state index in [0.29, 0.717) is 13.0 Å². The standard InChI is InChI=1S/C18H33N5O2.HI/c1-3-19-18(21-13-9-15-23-16-10-14-22-23)20-12-8-6-5-7-11-17(24)25-4-2;/h10,14,16H,3-9,11-13,15H2,1-2H3,(H2,19,20,21);1H. The fraction of sp³-hybridized carbons (Fsp3) is 0.722. The second-order valence-electron chi connectivity index (χ2n) is 5.78. The molecule has 0 aliphatic rings. The fourth-order valence-corrected chi connectivity index (χ4v) is 2.39. The van der Waals surface area contributed by atoms with E-state index in [2.05, 4.69) is 27.6 Å². The van der Waals surface area contributed by atoms with E-state index in [1.54, 1.807) is 6.20 Å². The molecule has 8 heteroatoms. The van der Waals surface area contributed by atoms with Crippen LogP contribution in [0.15, 0.2) is 23.5 Å². The molecule has 150 valence electrons. The molecule has 1 aromatic rings. The van der Waals surface area contributed by atoms with Gasteiger partial charge in [-0.3, -0.25) is 14.5 Å². The molecule has 0 aliphatic heterocycles. The van der Waals surface area contributed by atoms with Crippen molar-refractivity contribution >= 4 is 35.9 Å². The lowest BCUT2D eigenvalue weighted by molar-refractivity contribution is -0.143. The van der Waals surface area contributed by atoms with E-state index in [1.165, 1.54) is 0 Å². The van der Waals surface area contributed by atoms with E-state index >= 15 is 0 Å². The van der Waals surface area contributed by atoms with Gasteiger partial charge in [-0.1, -0.05) is 12.8 Å². The number of nitrogens with zero attached hydrogens (tertiary/aromatic N) is 3. The van der Waals surface area contributed by atoms with Gasteiger partial charge in [0, 0.05) is 45.0 Å². The first kappa shape index (κ1) is 24.7. The molecule has 0 saturated carbocycles. The summed E-state index contributed by atoms with van der Waals surface area (Å²) in [5, 5.41) is 10.8. The van der Waals surface area contributed by atoms with Crippen molar-refractivity contribution in [2.75, 3.05) is 26.2 Å². The molecule has 0 fully saturated rings. The first-order valence-corrected chi connectivity index (χ1v) is 9.41. The van der Waals surface area contributed by atoms with E-state index in [-0.39, 0.29) is 29.9 Å². The van der Waals surface area contributed by atoms with Gasteiger partial charge in [-0.15, -0.1) is 24.0 Å². The van der Waals surface area contributed by atoms with Crippen LogP contribution in [-0.2, 0) is 16.1 Å². The summed E-state index contributed by atoms with van der Waals surface area (Å²) < 4.78 is 6.84. The summed E-state index contributed by atoms with van der Waals surface area (Å²) in [6.45, 7) is 7.78. The number of hydrogen-bond donors (Lipinski definition) is 2. The summed E-state index contributed by atoms with van der Waals surface area (Å²) in [6, 6.07) is 1.93. The number of carbonyl (C=O) groups excluding carboxylic acids is 1. The normalized spacial score (nSPS) is 10.9. The molecule has 0 atom stereocenters. The van der Waals surface area contributed by atoms with Crippen LogP contribution >= 0.6 is 24.0 Å². The van der Waals surface area contributed by atoms with Crippen molar-refractivity contribution < 1.29 is 9.53 Å². The van der Waals surface area contributed by atoms with Crippen molar-refractivity contribution in [2.24, 2.45) is 4.99 Å². The summed E-state index contributed by atoms with van der Waals surface area (Å²) in [5.74, 6) is 0.784. The van der Waals surface area contributed by atoms with Crippen molar-refractivity contribution in [3.63, 3.8) is 0 Å². The van der Waals surface area contributed by atoms with Crippen LogP contribution in [0.4, 0.5) is 0 Å². The lowest BCUT2D eigenvalue weighted by Gasteiger charge is -2.11. The first-order valence-electron chi connectivity index (χ1n) is 9.41. The van der Waals surface area contributed by atoms with Gasteiger partial charge in [-0.25, -0.2) is 0 Å². The zero-order chi connectivity index (χ0) is 18.2. The van der Waals surface area contributed by atoms with Gasteiger partial charge in [0.05, 0.1) is 6.61 Å². The van der Waals surface area contributed by atoms with Crippen molar-refractivity contribution in [3.8, 4) is 0 Å². The third-order valence-electron chi connectivity index (χ3n) is 3.62. The van der Waals surface area contributed by atoms with E-state index in [9.17, 15) is 4.79 Å². The molecule has 0 amide bonds. The highest BCUT2D eigenvalue weighted by Crippen LogP contribution is 2.03. The van der Waals surface area contributed by atoms with Crippen molar-refractivity contribution in [2.45, 2.75) is 58.9 Å². The number of nitrogens with one attached hydrogen (secondary N) is 2. The predicted molar refractivity (Wildman–Crippen MR) is 116 cm³/mol. The maximum absolute atomic E-state index is 11.2. The molecule has 1 aromatic heterocycles. The van der Waals surface area contributed by atoms with E-state index in [1.807, 2.05) is 23.9 Å². The van der Waals surface area contributed by atoms with Crippen LogP contribution in [-0.4, -0.2) is 48.0 Å². The maximum atomic E-state index is 11.2. The third kappa shape index (κ3) is 13.0. The summed E-state index contributed by atoms with van der Waals surface area (Å²) in [5.41, 5.74) is 0. The lowest BCUT2D eigenvalue weighted by atomic mass is 10.1. The number of ether oxygens (including phenoxy) is 1. The third-order valence-corrected chi connectivity index (χ3v) is 3.62. The van der Waals surface area contributed by atoms with Crippen LogP contribution in [0.5, 0.6) is 0 Å². The molecular weight excluding hydrogens is 445 g/mol. The second kappa shape index (κ2) is 17.1. The summed E-state index contributed by atoms with van der Waals surface area (Å²) in [4.78, 5) is 15.8. The highest BCUT2D eigenvalue weighted by atomic mass is 127. The van der Waals surface area contributed by atoms with Gasteiger partial charge in [-0.05, 0) is 39.2 Å². The molecule has 2 N–H and O–H groups in total. The molecule has 0 radical (unpaired) electrons. The SMILES string of the molecule is CCNC(=NCCCn1cccn1)NCCCCCCC(=O)OCC.I. The number of carbonyl (C=O) groups is 1. The van der Waals surface area contributed by atoms with Gasteiger partial charge in [0.15, 0.2) is 5.96 Å². The largest absolute Gasteiger partial charge is 0.466 e. The van der Waals surface area contributed by atoms with Crippen LogP contribution in [0.1, 0.15) is 52.4 Å². The summed E-state index contributed by atoms with van der Waals surface area (Å²) in [6.07, 6.45) is 9.38. The quantitative estimate of drug-likeness (QED) is 0.150. The minimum atomic E-state index is -0.0858. The van der Waals surface area contributed by atoms with Crippen LogP contribution < -0.4 is 10.6 Å². The van der Waals surface area contributed by atoms with Gasteiger partial charge >= 0.3 is 5.97 Å². The van der Waals surface area contributed by atoms with E-state index < -0.39 is 0 Å². The Kier molecular flexibility index (Phi) is 16.2. The zero-order valence-electron chi connectivity index (χ0n) is 16.1. The van der Waals surface area contributed by atoms with Crippen LogP contribution in [0.25, 0.3) is 0 Å². The highest BCUT2D eigenvalue weighted by Gasteiger charge is 2.01. The molecular formula is C18H34IN5O2. The average Bonchev–Trinajstić information content (AvgIpc) is 3.11. The van der Waals surface area contributed by atoms with Crippen LogP contribution in [0, 0.1) is 0 Å². The molecule has 7 nitrogen and oxygen atoms in total. The minimum absolute atomic E-state index is 0.